The first-order valence-electron chi connectivity index (χ1n) is 26.6. The quantitative estimate of drug-likeness (QED) is 0.0317. The van der Waals surface area contributed by atoms with Crippen LogP contribution in [0.1, 0.15) is 122 Å². The van der Waals surface area contributed by atoms with Crippen molar-refractivity contribution in [2.75, 3.05) is 23.1 Å². The highest BCUT2D eigenvalue weighted by Crippen LogP contribution is 2.44. The molecule has 4 aliphatic rings. The zero-order chi connectivity index (χ0) is 57.8. The molecule has 23 nitrogen and oxygen atoms in total. The van der Waals surface area contributed by atoms with Gasteiger partial charge < -0.3 is 51.2 Å². The number of aromatic amines is 1. The Morgan fingerprint density at radius 1 is 0.863 bits per heavy atom. The summed E-state index contributed by atoms with van der Waals surface area (Å²) in [4.78, 5) is 147. The van der Waals surface area contributed by atoms with Crippen molar-refractivity contribution in [1.29, 1.82) is 0 Å². The molecule has 5 heterocycles. The van der Waals surface area contributed by atoms with E-state index in [1.165, 1.54) is 53.4 Å². The van der Waals surface area contributed by atoms with Gasteiger partial charge in [-0.2, -0.15) is 0 Å². The number of hydrogen-bond donors (Lipinski definition) is 8. The minimum Gasteiger partial charge on any atom is -0.370 e. The maximum atomic E-state index is 14.9. The molecular formula is C55H66N9O14PS. The number of H-pyrrole nitrogens is 1. The van der Waals surface area contributed by atoms with E-state index >= 15 is 0 Å². The first-order chi connectivity index (χ1) is 37.9. The Kier molecular flexibility index (Phi) is 17.9. The Hall–Kier alpha value is -7.53. The van der Waals surface area contributed by atoms with Crippen LogP contribution in [0, 0.1) is 5.92 Å². The number of imide groups is 1. The van der Waals surface area contributed by atoms with Gasteiger partial charge in [-0.1, -0.05) is 37.6 Å². The van der Waals surface area contributed by atoms with Gasteiger partial charge in [-0.3, -0.25) is 53.0 Å². The van der Waals surface area contributed by atoms with Gasteiger partial charge in [0.2, 0.25) is 35.4 Å². The molecule has 4 aliphatic heterocycles. The van der Waals surface area contributed by atoms with E-state index in [-0.39, 0.29) is 84.2 Å². The highest BCUT2D eigenvalue weighted by atomic mass is 32.2. The summed E-state index contributed by atoms with van der Waals surface area (Å²) in [6.07, 6.45) is 6.35. The van der Waals surface area contributed by atoms with E-state index in [2.05, 4.69) is 38.9 Å². The summed E-state index contributed by atoms with van der Waals surface area (Å²) in [5.74, 6) is -4.22. The maximum Gasteiger partial charge on any atom is 0.396 e. The van der Waals surface area contributed by atoms with Gasteiger partial charge in [0.05, 0.1) is 16.3 Å². The lowest BCUT2D eigenvalue weighted by atomic mass is 9.85. The fourth-order valence-electron chi connectivity index (χ4n) is 11.1. The summed E-state index contributed by atoms with van der Waals surface area (Å²) in [6, 6.07) is 12.3. The van der Waals surface area contributed by atoms with Crippen molar-refractivity contribution in [2.24, 2.45) is 11.7 Å². The number of carbonyl (C=O) groups excluding carboxylic acids is 9. The van der Waals surface area contributed by atoms with Crippen molar-refractivity contribution < 1.29 is 65.9 Å². The van der Waals surface area contributed by atoms with Crippen LogP contribution in [0.3, 0.4) is 0 Å². The molecule has 8 rings (SSSR count). The number of ketones is 1. The number of nitrogens with two attached hydrogens (primary N) is 1. The van der Waals surface area contributed by atoms with Crippen molar-refractivity contribution in [3.05, 3.63) is 102 Å². The number of benzene rings is 3. The molecule has 0 spiro atoms. The summed E-state index contributed by atoms with van der Waals surface area (Å²) >= 11 is 0. The highest BCUT2D eigenvalue weighted by molar-refractivity contribution is 7.90. The Morgan fingerprint density at radius 3 is 2.27 bits per heavy atom. The molecule has 0 bridgehead atoms. The second kappa shape index (κ2) is 24.5. The van der Waals surface area contributed by atoms with Crippen LogP contribution in [-0.2, 0) is 60.9 Å². The van der Waals surface area contributed by atoms with Gasteiger partial charge in [0.25, 0.3) is 11.4 Å². The van der Waals surface area contributed by atoms with Gasteiger partial charge in [-0.15, -0.1) is 0 Å². The van der Waals surface area contributed by atoms with Crippen LogP contribution in [0.15, 0.2) is 84.0 Å². The zero-order valence-corrected chi connectivity index (χ0v) is 46.1. The van der Waals surface area contributed by atoms with Crippen molar-refractivity contribution in [2.45, 2.75) is 138 Å². The first kappa shape index (κ1) is 58.6. The second-order valence-electron chi connectivity index (χ2n) is 21.1. The fourth-order valence-corrected chi connectivity index (χ4v) is 12.2. The molecule has 7 amide bonds. The van der Waals surface area contributed by atoms with Crippen molar-refractivity contribution in [1.82, 2.24) is 31.2 Å². The number of carbonyl (C=O) groups is 9. The summed E-state index contributed by atoms with van der Waals surface area (Å²) in [7, 11) is -6.71. The summed E-state index contributed by atoms with van der Waals surface area (Å²) < 4.78 is 35.6. The number of amides is 7. The standard InChI is InChI=1S/C55H66N9O14PS/c1-31-62(2)46-26-32(12-21-43(46)63(31)44-23-25-49(67)61-53(44)71)8-6-4-5-7-9-47(65)34-13-15-37-16-22-45(52(70)59-40(20-24-48(56)66)50(68)57-30-33-10-17-38(18-11-33)80(3,77)78)64(37)54(72)42(28-34)60-51(69)41-29-36-27-35(14-19-39(36)58-41)55(73)79(74,75)76/h10-12,14,17-19,21,26-27,29,34,37,40,42,44-45,58H,1,4-9,13,15-16,20,22-25,28,30H2,2-3H3,(H2,56,66)(H,57,68)(H,59,70)(H,60,69)(H,61,67,71)(H2,74,75,76)/t34?,37-,40-,42-,44?,45-/m0/s1. The molecule has 1 aromatic heterocycles. The molecule has 3 aromatic carbocycles. The Labute approximate surface area is 461 Å². The van der Waals surface area contributed by atoms with Crippen LogP contribution in [-0.4, -0.2) is 124 Å². The molecule has 426 valence electrons. The van der Waals surface area contributed by atoms with Crippen LogP contribution >= 0.6 is 7.60 Å². The Bertz CT molecular complexity index is 3320. The molecule has 80 heavy (non-hydrogen) atoms. The van der Waals surface area contributed by atoms with E-state index in [4.69, 9.17) is 5.73 Å². The zero-order valence-electron chi connectivity index (χ0n) is 44.4. The van der Waals surface area contributed by atoms with Gasteiger partial charge >= 0.3 is 7.60 Å². The lowest BCUT2D eigenvalue weighted by molar-refractivity contribution is -0.144. The van der Waals surface area contributed by atoms with E-state index in [0.29, 0.717) is 49.0 Å². The van der Waals surface area contributed by atoms with Gasteiger partial charge in [0.15, 0.2) is 9.84 Å². The smallest absolute Gasteiger partial charge is 0.370 e. The molecule has 0 aliphatic carbocycles. The highest BCUT2D eigenvalue weighted by Gasteiger charge is 2.47. The van der Waals surface area contributed by atoms with Crippen LogP contribution in [0.25, 0.3) is 10.9 Å². The number of nitrogens with zero attached hydrogens (tertiary/aromatic N) is 3. The van der Waals surface area contributed by atoms with E-state index < -0.39 is 88.6 Å². The monoisotopic (exact) mass is 1140 g/mol. The molecule has 3 fully saturated rings. The third kappa shape index (κ3) is 13.5. The lowest BCUT2D eigenvalue weighted by Crippen LogP contribution is -2.59. The van der Waals surface area contributed by atoms with Crippen LogP contribution in [0.4, 0.5) is 11.4 Å². The molecule has 6 atom stereocenters. The Morgan fingerprint density at radius 2 is 1.57 bits per heavy atom. The molecule has 3 saturated heterocycles. The lowest BCUT2D eigenvalue weighted by Gasteiger charge is -2.37. The van der Waals surface area contributed by atoms with E-state index in [9.17, 15) is 65.9 Å². The topological polar surface area (TPSA) is 345 Å². The number of Topliss-reactive ketones (excluding diaryl/α,β-unsaturated/α-hetero) is 1. The maximum absolute atomic E-state index is 14.9. The third-order valence-electron chi connectivity index (χ3n) is 15.5. The van der Waals surface area contributed by atoms with E-state index in [0.717, 1.165) is 48.9 Å². The van der Waals surface area contributed by atoms with E-state index in [1.54, 1.807) is 0 Å². The van der Waals surface area contributed by atoms with Crippen LogP contribution < -0.4 is 36.8 Å². The van der Waals surface area contributed by atoms with Gasteiger partial charge in [-0.25, -0.2) is 8.42 Å². The number of aromatic nitrogens is 1. The predicted molar refractivity (Wildman–Crippen MR) is 293 cm³/mol. The summed E-state index contributed by atoms with van der Waals surface area (Å²) in [6.45, 7) is 4.16. The molecule has 9 N–H and O–H groups in total. The number of primary amides is 1. The van der Waals surface area contributed by atoms with Gasteiger partial charge in [0, 0.05) is 67.5 Å². The molecule has 4 aromatic rings. The minimum atomic E-state index is -5.12. The number of fused-ring (bicyclic) bond motifs is 3. The number of sulfone groups is 1. The van der Waals surface area contributed by atoms with Crippen molar-refractivity contribution in [3.63, 3.8) is 0 Å². The molecule has 25 heteroatoms. The average molecular weight is 1140 g/mol. The normalized spacial score (nSPS) is 20.8. The van der Waals surface area contributed by atoms with Gasteiger partial charge in [0.1, 0.15) is 41.5 Å². The molecular weight excluding hydrogens is 1070 g/mol. The van der Waals surface area contributed by atoms with Crippen molar-refractivity contribution in [3.8, 4) is 0 Å². The molecule has 2 unspecified atom stereocenters. The average Bonchev–Trinajstić information content (AvgIpc) is 4.20. The summed E-state index contributed by atoms with van der Waals surface area (Å²) in [5.41, 5.74) is 7.42. The summed E-state index contributed by atoms with van der Waals surface area (Å²) in [5, 5.41) is 10.9. The molecule has 0 saturated carbocycles. The number of rotatable bonds is 22. The number of piperidine rings is 1. The predicted octanol–water partition coefficient (Wildman–Crippen LogP) is 3.51. The largest absolute Gasteiger partial charge is 0.396 e. The third-order valence-corrected chi connectivity index (χ3v) is 17.4. The molecule has 0 radical (unpaired) electrons. The number of nitrogens with one attached hydrogen (secondary N) is 5. The van der Waals surface area contributed by atoms with Crippen LogP contribution in [0.2, 0.25) is 0 Å². The number of unbranched alkanes of at least 4 members (excludes halogenated alkanes) is 3. The van der Waals surface area contributed by atoms with Gasteiger partial charge in [-0.05, 0) is 124 Å². The number of aryl methyl sites for hydroxylation is 1. The fraction of sp³-hybridized carbons (Fsp3) is 0.436. The van der Waals surface area contributed by atoms with Crippen molar-refractivity contribution >= 4 is 92.4 Å². The first-order valence-corrected chi connectivity index (χ1v) is 30.1. The minimum absolute atomic E-state index is 0.0470. The second-order valence-corrected chi connectivity index (χ2v) is 24.6. The van der Waals surface area contributed by atoms with E-state index in [1.807, 2.05) is 29.0 Å². The Balaban J connectivity index is 0.930. The SMILES string of the molecule is C=C1N(C)c2cc(CCCCCCC(=O)C3CC[C@H]4CC[C@@H](C(=O)N[C@@H](CCC(N)=O)C(=O)NCc5ccc(S(C)(=O)=O)cc5)N4C(=O)[C@@H](NC(=O)c4cc5cc(C(=O)P(=O)(O)O)ccc5[nH]4)C3)ccc2N1C1CCC(=O)NC1=O. The number of hydrogen-bond acceptors (Lipinski definition) is 14. The number of anilines is 2. The van der Waals surface area contributed by atoms with Crippen LogP contribution in [0.5, 0.6) is 0 Å².